The first-order valence-corrected chi connectivity index (χ1v) is 8.85. The van der Waals surface area contributed by atoms with Crippen molar-refractivity contribution in [1.82, 2.24) is 10.1 Å². The molecule has 0 radical (unpaired) electrons. The molecule has 2 rings (SSSR count). The number of carbonyl (C=O) groups excluding carboxylic acids is 1. The van der Waals surface area contributed by atoms with E-state index in [1.54, 1.807) is 0 Å². The van der Waals surface area contributed by atoms with Gasteiger partial charge in [0.2, 0.25) is 0 Å². The van der Waals surface area contributed by atoms with Gasteiger partial charge in [-0.05, 0) is 61.8 Å². The molecule has 0 aromatic heterocycles. The third-order valence-corrected chi connectivity index (χ3v) is 5.52. The Balaban J connectivity index is 2.33. The lowest BCUT2D eigenvalue weighted by molar-refractivity contribution is -0.358. The fourth-order valence-electron chi connectivity index (χ4n) is 4.79. The highest BCUT2D eigenvalue weighted by Crippen LogP contribution is 2.42. The molecule has 0 aromatic carbocycles. The van der Waals surface area contributed by atoms with Gasteiger partial charge in [0, 0.05) is 35.5 Å². The minimum atomic E-state index is -0.644. The normalized spacial score (nSPS) is 35.8. The number of hydrogen-bond acceptors (Lipinski definition) is 6. The van der Waals surface area contributed by atoms with E-state index in [2.05, 4.69) is 0 Å². The largest absolute Gasteiger partial charge is 0.325 e. The number of Topliss-reactive ketones (excluding diaryl/α,β-unsaturated/α-hetero) is 1. The van der Waals surface area contributed by atoms with Gasteiger partial charge < -0.3 is 10.9 Å². The van der Waals surface area contributed by atoms with Gasteiger partial charge in [0.15, 0.2) is 0 Å². The van der Waals surface area contributed by atoms with Gasteiger partial charge in [-0.1, -0.05) is 0 Å². The Hall–Kier alpha value is -0.530. The first kappa shape index (κ1) is 19.8. The molecule has 3 N–H and O–H groups in total. The summed E-state index contributed by atoms with van der Waals surface area (Å²) in [6.45, 7) is 16.0. The molecule has 2 fully saturated rings. The summed E-state index contributed by atoms with van der Waals surface area (Å²) in [4.78, 5) is 18.6. The summed E-state index contributed by atoms with van der Waals surface area (Å²) < 4.78 is 0. The molecule has 2 atom stereocenters. The number of ketones is 1. The van der Waals surface area contributed by atoms with Crippen molar-refractivity contribution < 1.29 is 14.8 Å². The number of rotatable bonds is 2. The SMILES string of the molecule is CC1(C)CC(=O)CC(C)(C)N1OC1C(N)CC(C)(C)N(O)C1(C)C. The van der Waals surface area contributed by atoms with Gasteiger partial charge in [-0.2, -0.15) is 10.1 Å². The van der Waals surface area contributed by atoms with E-state index in [4.69, 9.17) is 10.6 Å². The molecule has 6 heteroatoms. The Kier molecular flexibility index (Phi) is 4.74. The van der Waals surface area contributed by atoms with Crippen LogP contribution in [-0.4, -0.2) is 55.4 Å². The molecule has 2 aliphatic rings. The van der Waals surface area contributed by atoms with Crippen LogP contribution in [-0.2, 0) is 9.63 Å². The lowest BCUT2D eigenvalue weighted by Gasteiger charge is -2.58. The van der Waals surface area contributed by atoms with E-state index in [0.717, 1.165) is 0 Å². The average Bonchev–Trinajstić information content (AvgIpc) is 2.32. The first-order valence-electron chi connectivity index (χ1n) is 8.85. The van der Waals surface area contributed by atoms with Gasteiger partial charge in [-0.3, -0.25) is 9.63 Å². The molecule has 6 nitrogen and oxygen atoms in total. The van der Waals surface area contributed by atoms with Crippen molar-refractivity contribution in [2.24, 2.45) is 5.73 Å². The maximum absolute atomic E-state index is 12.1. The zero-order valence-corrected chi connectivity index (χ0v) is 16.5. The van der Waals surface area contributed by atoms with Crippen LogP contribution in [0.4, 0.5) is 0 Å². The van der Waals surface area contributed by atoms with E-state index in [1.165, 1.54) is 5.06 Å². The summed E-state index contributed by atoms with van der Waals surface area (Å²) >= 11 is 0. The highest BCUT2D eigenvalue weighted by molar-refractivity contribution is 5.81. The molecule has 2 aliphatic heterocycles. The fourth-order valence-corrected chi connectivity index (χ4v) is 4.79. The third-order valence-electron chi connectivity index (χ3n) is 5.52. The van der Waals surface area contributed by atoms with Crippen LogP contribution >= 0.6 is 0 Å². The minimum Gasteiger partial charge on any atom is -0.325 e. The smallest absolute Gasteiger partial charge is 0.136 e. The van der Waals surface area contributed by atoms with Gasteiger partial charge in [0.25, 0.3) is 0 Å². The van der Waals surface area contributed by atoms with Crippen molar-refractivity contribution in [3.05, 3.63) is 0 Å². The third kappa shape index (κ3) is 3.27. The topological polar surface area (TPSA) is 79.0 Å². The van der Waals surface area contributed by atoms with Gasteiger partial charge in [0.1, 0.15) is 11.9 Å². The second-order valence-corrected chi connectivity index (χ2v) is 9.98. The highest BCUT2D eigenvalue weighted by Gasteiger charge is 2.55. The standard InChI is InChI=1S/C18H35N3O3/c1-15(2)11-13(19)14(18(7,8)20(15)23)24-21-16(3,4)9-12(22)10-17(21,5)6/h13-14,23H,9-11,19H2,1-8H3. The molecule has 0 aromatic rings. The maximum Gasteiger partial charge on any atom is 0.136 e. The predicted octanol–water partition coefficient (Wildman–Crippen LogP) is 2.49. The van der Waals surface area contributed by atoms with Crippen LogP contribution in [0.3, 0.4) is 0 Å². The van der Waals surface area contributed by atoms with Gasteiger partial charge in [0.05, 0.1) is 5.54 Å². The molecular formula is C18H35N3O3. The minimum absolute atomic E-state index is 0.206. The number of piperidine rings is 2. The van der Waals surface area contributed by atoms with Crippen molar-refractivity contribution in [1.29, 1.82) is 0 Å². The van der Waals surface area contributed by atoms with Crippen LogP contribution in [0, 0.1) is 0 Å². The van der Waals surface area contributed by atoms with Gasteiger partial charge in [-0.15, -0.1) is 0 Å². The summed E-state index contributed by atoms with van der Waals surface area (Å²) in [5.41, 5.74) is 4.57. The van der Waals surface area contributed by atoms with Crippen LogP contribution in [0.1, 0.15) is 74.7 Å². The lowest BCUT2D eigenvalue weighted by Crippen LogP contribution is -2.73. The number of carbonyl (C=O) groups is 1. The van der Waals surface area contributed by atoms with E-state index in [9.17, 15) is 10.0 Å². The summed E-state index contributed by atoms with van der Waals surface area (Å²) in [5, 5.41) is 14.0. The molecule has 2 saturated heterocycles. The van der Waals surface area contributed by atoms with Crippen molar-refractivity contribution in [2.45, 2.75) is 109 Å². The first-order chi connectivity index (χ1) is 10.6. The Morgan fingerprint density at radius 3 is 1.92 bits per heavy atom. The Morgan fingerprint density at radius 2 is 1.46 bits per heavy atom. The number of nitrogens with zero attached hydrogens (tertiary/aromatic N) is 2. The van der Waals surface area contributed by atoms with E-state index in [-0.39, 0.29) is 17.9 Å². The van der Waals surface area contributed by atoms with E-state index >= 15 is 0 Å². The predicted molar refractivity (Wildman–Crippen MR) is 93.5 cm³/mol. The maximum atomic E-state index is 12.1. The quantitative estimate of drug-likeness (QED) is 0.803. The zero-order chi connectivity index (χ0) is 18.7. The summed E-state index contributed by atoms with van der Waals surface area (Å²) in [6.07, 6.45) is 1.16. The number of nitrogens with two attached hydrogens (primary N) is 1. The lowest BCUT2D eigenvalue weighted by atomic mass is 9.76. The van der Waals surface area contributed by atoms with Crippen LogP contribution in [0.15, 0.2) is 0 Å². The Labute approximate surface area is 146 Å². The monoisotopic (exact) mass is 341 g/mol. The molecule has 2 heterocycles. The number of hydrogen-bond donors (Lipinski definition) is 2. The second-order valence-electron chi connectivity index (χ2n) is 9.98. The van der Waals surface area contributed by atoms with Gasteiger partial charge in [-0.25, -0.2) is 0 Å². The molecular weight excluding hydrogens is 306 g/mol. The van der Waals surface area contributed by atoms with E-state index in [1.807, 2.05) is 60.5 Å². The highest BCUT2D eigenvalue weighted by atomic mass is 16.7. The molecule has 0 aliphatic carbocycles. The molecule has 2 unspecified atom stereocenters. The molecule has 0 amide bonds. The van der Waals surface area contributed by atoms with E-state index < -0.39 is 22.2 Å². The van der Waals surface area contributed by atoms with Crippen molar-refractivity contribution >= 4 is 5.78 Å². The molecule has 24 heavy (non-hydrogen) atoms. The number of hydroxylamine groups is 4. The molecule has 0 saturated carbocycles. The molecule has 140 valence electrons. The average molecular weight is 341 g/mol. The van der Waals surface area contributed by atoms with Crippen LogP contribution < -0.4 is 5.73 Å². The Bertz CT molecular complexity index is 494. The van der Waals surface area contributed by atoms with Crippen LogP contribution in [0.2, 0.25) is 0 Å². The summed E-state index contributed by atoms with van der Waals surface area (Å²) in [6, 6.07) is -0.206. The fraction of sp³-hybridized carbons (Fsp3) is 0.944. The summed E-state index contributed by atoms with van der Waals surface area (Å²) in [7, 11) is 0. The summed E-state index contributed by atoms with van der Waals surface area (Å²) in [5.74, 6) is 0.252. The van der Waals surface area contributed by atoms with Crippen molar-refractivity contribution in [2.75, 3.05) is 0 Å². The van der Waals surface area contributed by atoms with E-state index in [0.29, 0.717) is 19.3 Å². The molecule has 0 bridgehead atoms. The van der Waals surface area contributed by atoms with Gasteiger partial charge >= 0.3 is 0 Å². The molecule has 0 spiro atoms. The van der Waals surface area contributed by atoms with Crippen molar-refractivity contribution in [3.8, 4) is 0 Å². The second kappa shape index (κ2) is 5.74. The van der Waals surface area contributed by atoms with Crippen LogP contribution in [0.5, 0.6) is 0 Å². The Morgan fingerprint density at radius 1 is 1.00 bits per heavy atom. The van der Waals surface area contributed by atoms with Crippen LogP contribution in [0.25, 0.3) is 0 Å². The zero-order valence-electron chi connectivity index (χ0n) is 16.5. The van der Waals surface area contributed by atoms with Crippen molar-refractivity contribution in [3.63, 3.8) is 0 Å².